The fraction of sp³-hybridized carbons (Fsp3) is 1.00. The van der Waals surface area contributed by atoms with E-state index in [-0.39, 0.29) is 24.6 Å². The summed E-state index contributed by atoms with van der Waals surface area (Å²) < 4.78 is 19.3. The van der Waals surface area contributed by atoms with Gasteiger partial charge in [-0.25, -0.2) is 0 Å². The molecule has 0 unspecified atom stereocenters. The van der Waals surface area contributed by atoms with Gasteiger partial charge in [0.25, 0.3) is 0 Å². The summed E-state index contributed by atoms with van der Waals surface area (Å²) in [6.45, 7) is 0. The van der Waals surface area contributed by atoms with E-state index in [1.54, 1.807) is 0 Å². The average molecular weight is 260 g/mol. The van der Waals surface area contributed by atoms with E-state index in [9.17, 15) is 28.7 Å². The summed E-state index contributed by atoms with van der Waals surface area (Å²) in [5.74, 6) is 0. The van der Waals surface area contributed by atoms with Crippen molar-refractivity contribution >= 4 is 15.2 Å². The predicted molar refractivity (Wildman–Crippen MR) is 45.2 cm³/mol. The lowest BCUT2D eigenvalue weighted by atomic mass is 11.7. The summed E-state index contributed by atoms with van der Waals surface area (Å²) in [5.41, 5.74) is -3.35. The Kier molecular flexibility index (Phi) is 17.6. The number of aliphatic hydroxyl groups is 1. The molecule has 0 aliphatic rings. The summed E-state index contributed by atoms with van der Waals surface area (Å²) in [4.78, 5) is 38.5. The predicted octanol–water partition coefficient (Wildman–Crippen LogP) is -2.41. The quantitative estimate of drug-likeness (QED) is 0.334. The highest BCUT2D eigenvalue weighted by atomic mass is 31.2. The first-order valence-corrected chi connectivity index (χ1v) is 5.09. The maximum absolute atomic E-state index is 9.63. The molecule has 0 spiro atoms. The first-order valence-electron chi connectivity index (χ1n) is 1.87. The van der Waals surface area contributed by atoms with E-state index >= 15 is 0 Å². The number of rotatable bonds is 2. The van der Waals surface area contributed by atoms with Crippen molar-refractivity contribution in [1.29, 1.82) is 0 Å². The van der Waals surface area contributed by atoms with Crippen LogP contribution in [0, 0.1) is 0 Å². The summed E-state index contributed by atoms with van der Waals surface area (Å²) in [6, 6.07) is 0. The fourth-order valence-electron chi connectivity index (χ4n) is 0.173. The maximum atomic E-state index is 9.63. The lowest BCUT2D eigenvalue weighted by Crippen LogP contribution is -2.33. The molecule has 94 valence electrons. The van der Waals surface area contributed by atoms with Crippen LogP contribution < -0.4 is 44.2 Å². The Labute approximate surface area is 80.2 Å². The Balaban J connectivity index is -0.0000000675. The van der Waals surface area contributed by atoms with Gasteiger partial charge in [0.05, 0.1) is 0 Å². The van der Waals surface area contributed by atoms with E-state index in [4.69, 9.17) is 5.11 Å². The fourth-order valence-corrected chi connectivity index (χ4v) is 1.56. The number of aliphatic hydroxyl groups excluding tert-OH is 1. The van der Waals surface area contributed by atoms with Gasteiger partial charge in [0.2, 0.25) is 0 Å². The van der Waals surface area contributed by atoms with Crippen LogP contribution in [0.2, 0.25) is 0 Å². The molecular weight excluding hydrogens is 242 g/mol. The lowest BCUT2D eigenvalue weighted by Gasteiger charge is -2.45. The summed E-state index contributed by atoms with van der Waals surface area (Å²) >= 11 is 0. The van der Waals surface area contributed by atoms with Crippen LogP contribution in [0.25, 0.3) is 0 Å². The van der Waals surface area contributed by atoms with Gasteiger partial charge in [-0.05, 0) is 15.2 Å². The smallest absolute Gasteiger partial charge is 0.107 e. The molecule has 0 bridgehead atoms. The van der Waals surface area contributed by atoms with Crippen LogP contribution in [0.5, 0.6) is 0 Å². The second kappa shape index (κ2) is 8.41. The Bertz CT molecular complexity index is 186. The van der Waals surface area contributed by atoms with Gasteiger partial charge in [-0.3, -0.25) is 0 Å². The van der Waals surface area contributed by atoms with Crippen LogP contribution in [0.15, 0.2) is 0 Å². The normalized spacial score (nSPS) is 10.1. The molecule has 14 heavy (non-hydrogen) atoms. The second-order valence-corrected chi connectivity index (χ2v) is 4.97. The van der Waals surface area contributed by atoms with Gasteiger partial charge in [-0.15, -0.1) is 0 Å². The highest BCUT2D eigenvalue weighted by Crippen LogP contribution is 2.47. The average Bonchev–Trinajstić information content (AvgIpc) is 1.59. The molecular formula is CH18N4O7P2. The highest BCUT2D eigenvalue weighted by molar-refractivity contribution is 7.67. The molecule has 0 saturated heterocycles. The Morgan fingerprint density at radius 1 is 0.786 bits per heavy atom. The maximum Gasteiger partial charge on any atom is 0.107 e. The zero-order valence-electron chi connectivity index (χ0n) is 8.37. The molecule has 11 nitrogen and oxygen atoms in total. The molecule has 0 aliphatic heterocycles. The summed E-state index contributed by atoms with van der Waals surface area (Å²) in [7, 11) is -11.4. The number of quaternary nitrogens is 4. The van der Waals surface area contributed by atoms with Gasteiger partial charge in [0, 0.05) is 0 Å². The molecule has 0 fully saturated rings. The first-order chi connectivity index (χ1) is 4.15. The Hall–Kier alpha value is 0.1000. The molecule has 0 amide bonds. The SMILES string of the molecule is O=P([O-])([O-])C(O)P(=O)([O-])[O-].[NH4+].[NH4+].[NH4+].[NH4+]. The van der Waals surface area contributed by atoms with Crippen molar-refractivity contribution < 1.29 is 33.8 Å². The standard InChI is InChI=1S/CH6O7P2.4H3N/c2-1(9(3,4)5)10(6,7)8;;;;/h1-2H,(H2,3,4,5)(H2,6,7,8);4*1H3. The van der Waals surface area contributed by atoms with Crippen LogP contribution in [-0.4, -0.2) is 10.7 Å². The molecule has 0 rings (SSSR count). The first kappa shape index (κ1) is 29.2. The van der Waals surface area contributed by atoms with Crippen LogP contribution in [0.1, 0.15) is 0 Å². The molecule has 0 aromatic rings. The zero-order valence-corrected chi connectivity index (χ0v) is 10.2. The van der Waals surface area contributed by atoms with E-state index in [0.29, 0.717) is 0 Å². The van der Waals surface area contributed by atoms with Gasteiger partial charge < -0.3 is 58.4 Å². The number of hydrogen-bond acceptors (Lipinski definition) is 7. The largest absolute Gasteiger partial charge is 0.809 e. The Morgan fingerprint density at radius 3 is 0.929 bits per heavy atom. The van der Waals surface area contributed by atoms with Crippen LogP contribution in [0.4, 0.5) is 0 Å². The third kappa shape index (κ3) is 10.2. The topological polar surface area (TPSA) is 293 Å². The van der Waals surface area contributed by atoms with Gasteiger partial charge in [0.15, 0.2) is 0 Å². The number of hydrogen-bond donors (Lipinski definition) is 5. The molecule has 13 heteroatoms. The molecule has 0 radical (unpaired) electrons. The van der Waals surface area contributed by atoms with E-state index < -0.39 is 20.8 Å². The third-order valence-electron chi connectivity index (χ3n) is 0.566. The summed E-state index contributed by atoms with van der Waals surface area (Å²) in [5, 5.41) is 7.95. The molecule has 17 N–H and O–H groups in total. The van der Waals surface area contributed by atoms with Crippen LogP contribution in [-0.2, 0) is 9.13 Å². The van der Waals surface area contributed by atoms with Crippen LogP contribution >= 0.6 is 15.2 Å². The molecule has 0 heterocycles. The van der Waals surface area contributed by atoms with Crippen LogP contribution in [0.3, 0.4) is 0 Å². The van der Waals surface area contributed by atoms with Crippen molar-refractivity contribution in [3.63, 3.8) is 0 Å². The van der Waals surface area contributed by atoms with Crippen molar-refractivity contribution in [1.82, 2.24) is 24.6 Å². The zero-order chi connectivity index (χ0) is 8.58. The lowest BCUT2D eigenvalue weighted by molar-refractivity contribution is -0.338. The molecule has 0 saturated carbocycles. The summed E-state index contributed by atoms with van der Waals surface area (Å²) in [6.07, 6.45) is 0. The molecule has 0 atom stereocenters. The van der Waals surface area contributed by atoms with Crippen molar-refractivity contribution in [2.24, 2.45) is 0 Å². The molecule has 0 aromatic carbocycles. The van der Waals surface area contributed by atoms with Crippen molar-refractivity contribution in [2.75, 3.05) is 0 Å². The van der Waals surface area contributed by atoms with E-state index in [0.717, 1.165) is 0 Å². The van der Waals surface area contributed by atoms with Gasteiger partial charge >= 0.3 is 0 Å². The van der Waals surface area contributed by atoms with E-state index in [2.05, 4.69) is 0 Å². The van der Waals surface area contributed by atoms with Gasteiger partial charge in [-0.2, -0.15) is 0 Å². The minimum Gasteiger partial charge on any atom is -0.809 e. The van der Waals surface area contributed by atoms with Crippen molar-refractivity contribution in [3.8, 4) is 0 Å². The Morgan fingerprint density at radius 2 is 0.929 bits per heavy atom. The van der Waals surface area contributed by atoms with Crippen molar-refractivity contribution in [3.05, 3.63) is 0 Å². The van der Waals surface area contributed by atoms with E-state index in [1.807, 2.05) is 0 Å². The monoisotopic (exact) mass is 260 g/mol. The molecule has 0 aromatic heterocycles. The molecule has 0 aliphatic carbocycles. The van der Waals surface area contributed by atoms with Gasteiger partial charge in [0.1, 0.15) is 5.59 Å². The van der Waals surface area contributed by atoms with E-state index in [1.165, 1.54) is 0 Å². The minimum atomic E-state index is -5.71. The van der Waals surface area contributed by atoms with Crippen molar-refractivity contribution in [2.45, 2.75) is 5.59 Å². The minimum absolute atomic E-state index is 0. The second-order valence-electron chi connectivity index (χ2n) is 1.43. The van der Waals surface area contributed by atoms with Gasteiger partial charge in [-0.1, -0.05) is 0 Å². The third-order valence-corrected chi connectivity index (χ3v) is 3.39. The highest BCUT2D eigenvalue weighted by Gasteiger charge is 2.11.